The molecule has 27 heavy (non-hydrogen) atoms. The van der Waals surface area contributed by atoms with Gasteiger partial charge in [-0.3, -0.25) is 9.78 Å². The topological polar surface area (TPSA) is 79.9 Å². The summed E-state index contributed by atoms with van der Waals surface area (Å²) in [5, 5.41) is 3.90. The lowest BCUT2D eigenvalue weighted by atomic mass is 10.1. The van der Waals surface area contributed by atoms with Crippen LogP contribution in [0.1, 0.15) is 48.6 Å². The van der Waals surface area contributed by atoms with E-state index in [0.29, 0.717) is 18.7 Å². The molecule has 0 bridgehead atoms. The second-order valence-corrected chi connectivity index (χ2v) is 6.42. The third-order valence-corrected chi connectivity index (χ3v) is 4.32. The van der Waals surface area contributed by atoms with E-state index < -0.39 is 0 Å². The first-order chi connectivity index (χ1) is 13.2. The van der Waals surface area contributed by atoms with Gasteiger partial charge in [0, 0.05) is 48.1 Å². The van der Waals surface area contributed by atoms with Crippen molar-refractivity contribution in [3.05, 3.63) is 53.7 Å². The molecule has 1 aromatic carbocycles. The third kappa shape index (κ3) is 4.84. The fraction of sp³-hybridized carbons (Fsp3) is 0.381. The molecule has 0 saturated carbocycles. The monoisotopic (exact) mass is 366 g/mol. The van der Waals surface area contributed by atoms with Crippen molar-refractivity contribution in [2.75, 3.05) is 13.2 Å². The van der Waals surface area contributed by atoms with Crippen molar-refractivity contribution in [2.45, 2.75) is 39.5 Å². The van der Waals surface area contributed by atoms with Crippen molar-refractivity contribution in [3.8, 4) is 5.75 Å². The highest BCUT2D eigenvalue weighted by atomic mass is 16.5. The third-order valence-electron chi connectivity index (χ3n) is 4.32. The minimum Gasteiger partial charge on any atom is -0.493 e. The Balaban J connectivity index is 1.71. The zero-order valence-electron chi connectivity index (χ0n) is 15.9. The second-order valence-electron chi connectivity index (χ2n) is 6.42. The molecular formula is C21H26N4O2. The van der Waals surface area contributed by atoms with E-state index in [4.69, 9.17) is 9.72 Å². The lowest BCUT2D eigenvalue weighted by Gasteiger charge is -2.11. The van der Waals surface area contributed by atoms with E-state index in [2.05, 4.69) is 22.2 Å². The summed E-state index contributed by atoms with van der Waals surface area (Å²) in [6, 6.07) is 7.59. The van der Waals surface area contributed by atoms with Crippen molar-refractivity contribution in [1.82, 2.24) is 20.3 Å². The summed E-state index contributed by atoms with van der Waals surface area (Å²) in [5.41, 5.74) is 2.40. The Morgan fingerprint density at radius 1 is 1.22 bits per heavy atom. The van der Waals surface area contributed by atoms with Gasteiger partial charge in [0.25, 0.3) is 5.91 Å². The molecule has 0 aliphatic rings. The number of pyridine rings is 1. The van der Waals surface area contributed by atoms with Crippen LogP contribution in [0.25, 0.3) is 10.9 Å². The molecule has 2 aromatic heterocycles. The highest BCUT2D eigenvalue weighted by Crippen LogP contribution is 2.27. The van der Waals surface area contributed by atoms with E-state index in [1.807, 2.05) is 31.2 Å². The van der Waals surface area contributed by atoms with Gasteiger partial charge in [0.15, 0.2) is 0 Å². The average Bonchev–Trinajstić information content (AvgIpc) is 3.18. The van der Waals surface area contributed by atoms with E-state index in [-0.39, 0.29) is 5.91 Å². The summed E-state index contributed by atoms with van der Waals surface area (Å²) in [5.74, 6) is 1.68. The number of rotatable bonds is 9. The Bertz CT molecular complexity index is 891. The van der Waals surface area contributed by atoms with Crippen molar-refractivity contribution in [1.29, 1.82) is 0 Å². The fourth-order valence-electron chi connectivity index (χ4n) is 3.04. The van der Waals surface area contributed by atoms with Gasteiger partial charge in [-0.2, -0.15) is 0 Å². The first-order valence-electron chi connectivity index (χ1n) is 9.54. The quantitative estimate of drug-likeness (QED) is 0.566. The molecule has 0 fully saturated rings. The number of carbonyl (C=O) groups excluding carboxylic acids is 1. The molecule has 2 N–H and O–H groups in total. The van der Waals surface area contributed by atoms with E-state index in [9.17, 15) is 4.79 Å². The second kappa shape index (κ2) is 9.16. The van der Waals surface area contributed by atoms with Crippen LogP contribution in [0.2, 0.25) is 0 Å². The first kappa shape index (κ1) is 18.9. The van der Waals surface area contributed by atoms with Crippen LogP contribution in [0.4, 0.5) is 0 Å². The number of imidazole rings is 1. The van der Waals surface area contributed by atoms with Gasteiger partial charge in [-0.1, -0.05) is 13.3 Å². The smallest absolute Gasteiger partial charge is 0.251 e. The number of nitrogens with zero attached hydrogens (tertiary/aromatic N) is 2. The number of hydrogen-bond acceptors (Lipinski definition) is 4. The molecule has 0 spiro atoms. The van der Waals surface area contributed by atoms with Crippen LogP contribution in [-0.4, -0.2) is 34.0 Å². The number of aryl methyl sites for hydroxylation is 2. The van der Waals surface area contributed by atoms with Gasteiger partial charge in [0.05, 0.1) is 12.1 Å². The zero-order chi connectivity index (χ0) is 19.1. The van der Waals surface area contributed by atoms with Crippen molar-refractivity contribution in [3.63, 3.8) is 0 Å². The Labute approximate surface area is 159 Å². The normalized spacial score (nSPS) is 10.9. The summed E-state index contributed by atoms with van der Waals surface area (Å²) in [6.45, 7) is 5.29. The number of amides is 1. The van der Waals surface area contributed by atoms with Crippen LogP contribution in [0.5, 0.6) is 5.75 Å². The fourth-order valence-corrected chi connectivity index (χ4v) is 3.04. The summed E-state index contributed by atoms with van der Waals surface area (Å²) in [7, 11) is 0. The highest BCUT2D eigenvalue weighted by molar-refractivity contribution is 5.98. The maximum atomic E-state index is 12.5. The Morgan fingerprint density at radius 3 is 2.85 bits per heavy atom. The van der Waals surface area contributed by atoms with E-state index in [1.54, 1.807) is 12.4 Å². The standard InChI is InChI=1S/C21H26N4O2/c1-3-6-16-14-19(27-4-2)17-9-8-15(13-18(17)25-16)21(26)24-10-5-7-20-22-11-12-23-20/h8-9,11-14H,3-7,10H2,1-2H3,(H,22,23)(H,24,26). The minimum absolute atomic E-state index is 0.0861. The molecule has 1 amide bonds. The molecular weight excluding hydrogens is 340 g/mol. The molecule has 6 nitrogen and oxygen atoms in total. The van der Waals surface area contributed by atoms with Crippen molar-refractivity contribution >= 4 is 16.8 Å². The summed E-state index contributed by atoms with van der Waals surface area (Å²) < 4.78 is 5.77. The predicted octanol–water partition coefficient (Wildman–Crippen LogP) is 3.67. The van der Waals surface area contributed by atoms with Gasteiger partial charge in [-0.15, -0.1) is 0 Å². The van der Waals surface area contributed by atoms with Crippen molar-refractivity contribution < 1.29 is 9.53 Å². The first-order valence-corrected chi connectivity index (χ1v) is 9.54. The van der Waals surface area contributed by atoms with Crippen LogP contribution in [0.15, 0.2) is 36.7 Å². The number of carbonyl (C=O) groups is 1. The van der Waals surface area contributed by atoms with E-state index >= 15 is 0 Å². The van der Waals surface area contributed by atoms with Crippen LogP contribution >= 0.6 is 0 Å². The Hall–Kier alpha value is -2.89. The van der Waals surface area contributed by atoms with Crippen molar-refractivity contribution in [2.24, 2.45) is 0 Å². The van der Waals surface area contributed by atoms with E-state index in [1.165, 1.54) is 0 Å². The molecule has 0 unspecified atom stereocenters. The summed E-state index contributed by atoms with van der Waals surface area (Å²) >= 11 is 0. The van der Waals surface area contributed by atoms with Gasteiger partial charge in [0.1, 0.15) is 11.6 Å². The van der Waals surface area contributed by atoms with Crippen LogP contribution in [0, 0.1) is 0 Å². The average molecular weight is 366 g/mol. The van der Waals surface area contributed by atoms with Gasteiger partial charge in [0.2, 0.25) is 0 Å². The van der Waals surface area contributed by atoms with Crippen LogP contribution in [-0.2, 0) is 12.8 Å². The van der Waals surface area contributed by atoms with Crippen LogP contribution in [0.3, 0.4) is 0 Å². The van der Waals surface area contributed by atoms with Gasteiger partial charge in [-0.05, 0) is 38.0 Å². The molecule has 0 atom stereocenters. The van der Waals surface area contributed by atoms with Gasteiger partial charge < -0.3 is 15.0 Å². The number of benzene rings is 1. The molecule has 142 valence electrons. The number of hydrogen-bond donors (Lipinski definition) is 2. The van der Waals surface area contributed by atoms with Gasteiger partial charge >= 0.3 is 0 Å². The lowest BCUT2D eigenvalue weighted by molar-refractivity contribution is 0.0953. The maximum Gasteiger partial charge on any atom is 0.251 e. The zero-order valence-corrected chi connectivity index (χ0v) is 15.9. The largest absolute Gasteiger partial charge is 0.493 e. The number of aromatic nitrogens is 3. The molecule has 3 aromatic rings. The van der Waals surface area contributed by atoms with Gasteiger partial charge in [-0.25, -0.2) is 4.98 Å². The minimum atomic E-state index is -0.0861. The van der Waals surface area contributed by atoms with E-state index in [0.717, 1.165) is 53.9 Å². The maximum absolute atomic E-state index is 12.5. The molecule has 3 rings (SSSR count). The Kier molecular flexibility index (Phi) is 6.41. The summed E-state index contributed by atoms with van der Waals surface area (Å²) in [6.07, 6.45) is 7.09. The Morgan fingerprint density at radius 2 is 2.11 bits per heavy atom. The molecule has 0 aliphatic heterocycles. The predicted molar refractivity (Wildman–Crippen MR) is 106 cm³/mol. The molecule has 0 aliphatic carbocycles. The molecule has 0 radical (unpaired) electrons. The number of fused-ring (bicyclic) bond motifs is 1. The molecule has 6 heteroatoms. The number of ether oxygens (including phenoxy) is 1. The number of nitrogens with one attached hydrogen (secondary N) is 2. The SMILES string of the molecule is CCCc1cc(OCC)c2ccc(C(=O)NCCCc3ncc[nH]3)cc2n1. The molecule has 0 saturated heterocycles. The number of H-pyrrole nitrogens is 1. The lowest BCUT2D eigenvalue weighted by Crippen LogP contribution is -2.24. The van der Waals surface area contributed by atoms with Crippen LogP contribution < -0.4 is 10.1 Å². The highest BCUT2D eigenvalue weighted by Gasteiger charge is 2.11. The number of aromatic amines is 1. The molecule has 2 heterocycles. The summed E-state index contributed by atoms with van der Waals surface area (Å²) in [4.78, 5) is 24.4.